The van der Waals surface area contributed by atoms with Gasteiger partial charge in [-0.15, -0.1) is 0 Å². The van der Waals surface area contributed by atoms with Crippen molar-refractivity contribution in [2.45, 2.75) is 109 Å². The van der Waals surface area contributed by atoms with E-state index in [1.54, 1.807) is 32.3 Å². The first-order chi connectivity index (χ1) is 27.8. The average Bonchev–Trinajstić information content (AvgIpc) is 3.70. The maximum absolute atomic E-state index is 16.3. The lowest BCUT2D eigenvalue weighted by atomic mass is 9.85. The Morgan fingerprint density at radius 1 is 0.983 bits per heavy atom. The molecule has 0 bridgehead atoms. The van der Waals surface area contributed by atoms with Gasteiger partial charge in [-0.2, -0.15) is 0 Å². The van der Waals surface area contributed by atoms with Crippen LogP contribution in [0.1, 0.15) is 89.8 Å². The number of nitrogens with one attached hydrogen (secondary N) is 1. The molecule has 3 aromatic rings. The van der Waals surface area contributed by atoms with E-state index in [0.717, 1.165) is 64.5 Å². The second kappa shape index (κ2) is 18.1. The number of unbranched alkanes of at least 4 members (excludes halogenated alkanes) is 3. The number of rotatable bonds is 14. The Bertz CT molecular complexity index is 1930. The van der Waals surface area contributed by atoms with Crippen molar-refractivity contribution in [3.05, 3.63) is 57.9 Å². The molecule has 318 valence electrons. The molecule has 4 aliphatic rings. The van der Waals surface area contributed by atoms with Crippen LogP contribution in [0.15, 0.2) is 35.4 Å². The number of carbonyl (C=O) groups excluding carboxylic acids is 1. The zero-order chi connectivity index (χ0) is 41.0. The van der Waals surface area contributed by atoms with Crippen LogP contribution in [-0.4, -0.2) is 114 Å². The van der Waals surface area contributed by atoms with Crippen molar-refractivity contribution in [3.63, 3.8) is 0 Å². The van der Waals surface area contributed by atoms with E-state index in [0.29, 0.717) is 61.4 Å². The van der Waals surface area contributed by atoms with Gasteiger partial charge in [0.15, 0.2) is 6.29 Å². The van der Waals surface area contributed by atoms with Crippen LogP contribution in [0, 0.1) is 11.7 Å². The topological polar surface area (TPSA) is 124 Å². The molecule has 1 atom stereocenters. The molecule has 0 saturated carbocycles. The van der Waals surface area contributed by atoms with Crippen LogP contribution >= 0.6 is 0 Å². The average molecular weight is 814 g/mol. The molecule has 1 aromatic carbocycles. The number of ether oxygens (including phenoxy) is 4. The second-order valence-corrected chi connectivity index (χ2v) is 17.0. The van der Waals surface area contributed by atoms with Gasteiger partial charge in [-0.1, -0.05) is 31.0 Å². The molecule has 13 nitrogen and oxygen atoms in total. The Hall–Kier alpha value is -3.99. The predicted octanol–water partition coefficient (Wildman–Crippen LogP) is 6.69. The summed E-state index contributed by atoms with van der Waals surface area (Å²) in [5.74, 6) is -5.24. The molecule has 4 fully saturated rings. The van der Waals surface area contributed by atoms with Gasteiger partial charge in [0.2, 0.25) is 0 Å². The van der Waals surface area contributed by atoms with E-state index in [4.69, 9.17) is 18.9 Å². The summed E-state index contributed by atoms with van der Waals surface area (Å²) in [7, 11) is 0. The Labute approximate surface area is 338 Å². The fourth-order valence-electron chi connectivity index (χ4n) is 8.38. The van der Waals surface area contributed by atoms with Gasteiger partial charge in [-0.3, -0.25) is 14.3 Å². The highest BCUT2D eigenvalue weighted by atomic mass is 19.3. The van der Waals surface area contributed by atoms with Crippen LogP contribution in [0.5, 0.6) is 0 Å². The van der Waals surface area contributed by atoms with E-state index in [9.17, 15) is 9.59 Å². The van der Waals surface area contributed by atoms with Gasteiger partial charge in [-0.25, -0.2) is 27.9 Å². The third-order valence-corrected chi connectivity index (χ3v) is 11.8. The summed E-state index contributed by atoms with van der Waals surface area (Å²) in [6.07, 6.45) is 5.16. The molecule has 6 heterocycles. The Morgan fingerprint density at radius 2 is 1.69 bits per heavy atom. The number of aryl methyl sites for hydroxylation is 1. The molecular weight excluding hydrogens is 755 g/mol. The van der Waals surface area contributed by atoms with Gasteiger partial charge in [0.05, 0.1) is 49.5 Å². The molecule has 4 saturated heterocycles. The zero-order valence-electron chi connectivity index (χ0n) is 34.2. The summed E-state index contributed by atoms with van der Waals surface area (Å²) in [5.41, 5.74) is -0.439. The van der Waals surface area contributed by atoms with Gasteiger partial charge in [0.1, 0.15) is 34.9 Å². The normalized spacial score (nSPS) is 19.8. The number of hydrogen-bond donors (Lipinski definition) is 1. The maximum Gasteiger partial charge on any atom is 0.410 e. The van der Waals surface area contributed by atoms with Crippen LogP contribution in [0.4, 0.5) is 29.5 Å². The molecule has 0 spiro atoms. The molecule has 0 radical (unpaired) electrons. The van der Waals surface area contributed by atoms with E-state index in [2.05, 4.69) is 25.1 Å². The molecule has 2 aromatic heterocycles. The first-order valence-electron chi connectivity index (χ1n) is 20.9. The largest absolute Gasteiger partial charge is 0.444 e. The lowest BCUT2D eigenvalue weighted by Gasteiger charge is -2.43. The number of anilines is 2. The number of fused-ring (bicyclic) bond motifs is 1. The van der Waals surface area contributed by atoms with Crippen LogP contribution in [-0.2, 0) is 31.4 Å². The fourth-order valence-corrected chi connectivity index (χ4v) is 8.38. The summed E-state index contributed by atoms with van der Waals surface area (Å²) < 4.78 is 72.3. The number of piperazine rings is 1. The van der Waals surface area contributed by atoms with Gasteiger partial charge >= 0.3 is 6.09 Å². The lowest BCUT2D eigenvalue weighted by molar-refractivity contribution is -0.0885. The van der Waals surface area contributed by atoms with Gasteiger partial charge < -0.3 is 34.1 Å². The highest BCUT2D eigenvalue weighted by Crippen LogP contribution is 2.44. The minimum Gasteiger partial charge on any atom is -0.444 e. The second-order valence-electron chi connectivity index (χ2n) is 17.0. The summed E-state index contributed by atoms with van der Waals surface area (Å²) >= 11 is 0. The fraction of sp³-hybridized carbons (Fsp3) is 0.667. The molecule has 1 N–H and O–H groups in total. The number of likely N-dealkylation sites (tertiary alicyclic amines) is 1. The van der Waals surface area contributed by atoms with Gasteiger partial charge in [-0.05, 0) is 65.9 Å². The third kappa shape index (κ3) is 9.55. The van der Waals surface area contributed by atoms with Crippen molar-refractivity contribution in [2.24, 2.45) is 5.92 Å². The predicted molar refractivity (Wildman–Crippen MR) is 214 cm³/mol. The van der Waals surface area contributed by atoms with Crippen molar-refractivity contribution < 1.29 is 36.9 Å². The Kier molecular flexibility index (Phi) is 13.2. The summed E-state index contributed by atoms with van der Waals surface area (Å²) in [4.78, 5) is 41.9. The van der Waals surface area contributed by atoms with E-state index >= 15 is 13.2 Å². The lowest BCUT2D eigenvalue weighted by Crippen LogP contribution is -2.57. The quantitative estimate of drug-likeness (QED) is 0.175. The molecule has 1 amide bonds. The van der Waals surface area contributed by atoms with Gasteiger partial charge in [0, 0.05) is 57.3 Å². The third-order valence-electron chi connectivity index (χ3n) is 11.8. The minimum atomic E-state index is -3.47. The number of halogens is 3. The van der Waals surface area contributed by atoms with E-state index in [-0.39, 0.29) is 43.3 Å². The van der Waals surface area contributed by atoms with Crippen molar-refractivity contribution in [3.8, 4) is 0 Å². The Balaban J connectivity index is 1.09. The summed E-state index contributed by atoms with van der Waals surface area (Å²) in [6, 6.07) is 5.55. The van der Waals surface area contributed by atoms with Crippen molar-refractivity contribution in [1.82, 2.24) is 24.3 Å². The van der Waals surface area contributed by atoms with Crippen molar-refractivity contribution in [1.29, 1.82) is 0 Å². The van der Waals surface area contributed by atoms with Crippen LogP contribution in [0.3, 0.4) is 0 Å². The number of benzene rings is 1. The molecule has 58 heavy (non-hydrogen) atoms. The van der Waals surface area contributed by atoms with E-state index in [1.165, 1.54) is 23.4 Å². The monoisotopic (exact) mass is 813 g/mol. The molecule has 16 heteroatoms. The first-order valence-corrected chi connectivity index (χ1v) is 20.9. The number of piperidine rings is 1. The van der Waals surface area contributed by atoms with Crippen LogP contribution < -0.4 is 15.8 Å². The molecule has 7 rings (SSSR count). The zero-order valence-corrected chi connectivity index (χ0v) is 34.2. The molecule has 4 aliphatic heterocycles. The molecule has 0 aliphatic carbocycles. The van der Waals surface area contributed by atoms with Crippen LogP contribution in [0.25, 0.3) is 11.0 Å². The standard InChI is InChI=1S/C42H58F3N7O6/c1-28(31-10-9-11-33(36(31)43)42(44,45)29-13-16-51(17-14-29)40(54)58-41(2,3)4)48-37-32-24-34(50-20-18-49(19-21-50)30-25-55-26-30)39(53)52(38(32)47-27-46-37)15-8-6-5-7-12-35-56-22-23-57-35/h9-11,24,27-30,35H,5-8,12-23,25-26H2,1-4H3,(H,46,47,48)/t28-/m1/s1. The minimum absolute atomic E-state index is 0.00903. The summed E-state index contributed by atoms with van der Waals surface area (Å²) in [5, 5.41) is 3.88. The van der Waals surface area contributed by atoms with E-state index in [1.807, 2.05) is 6.07 Å². The van der Waals surface area contributed by atoms with Crippen molar-refractivity contribution in [2.75, 3.05) is 75.9 Å². The summed E-state index contributed by atoms with van der Waals surface area (Å²) in [6.45, 7) is 13.3. The number of carbonyl (C=O) groups is 1. The number of amides is 1. The van der Waals surface area contributed by atoms with Crippen molar-refractivity contribution >= 4 is 28.6 Å². The molecular formula is C42H58F3N7O6. The number of alkyl halides is 2. The number of pyridine rings is 1. The number of aromatic nitrogens is 3. The Morgan fingerprint density at radius 3 is 2.36 bits per heavy atom. The number of nitrogens with zero attached hydrogens (tertiary/aromatic N) is 6. The van der Waals surface area contributed by atoms with Gasteiger partial charge in [0.25, 0.3) is 11.5 Å². The maximum atomic E-state index is 16.3. The molecule has 0 unspecified atom stereocenters. The SMILES string of the molecule is C[C@@H](Nc1ncnc2c1cc(N1CCN(C3COC3)CC1)c(=O)n2CCCCCCC1OCCO1)c1cccc(C(F)(F)C2CCN(C(=O)OC(C)(C)C)CC2)c1F. The number of hydrogen-bond acceptors (Lipinski definition) is 11. The highest BCUT2D eigenvalue weighted by Gasteiger charge is 2.46. The highest BCUT2D eigenvalue weighted by molar-refractivity contribution is 5.89. The first kappa shape index (κ1) is 42.1. The van der Waals surface area contributed by atoms with Crippen LogP contribution in [0.2, 0.25) is 0 Å². The van der Waals surface area contributed by atoms with E-state index < -0.39 is 41.0 Å². The smallest absolute Gasteiger partial charge is 0.410 e.